The highest BCUT2D eigenvalue weighted by Crippen LogP contribution is 2.14. The van der Waals surface area contributed by atoms with Crippen LogP contribution in [0.4, 0.5) is 0 Å². The summed E-state index contributed by atoms with van der Waals surface area (Å²) >= 11 is 1.19. The van der Waals surface area contributed by atoms with Gasteiger partial charge in [0.2, 0.25) is 0 Å². The predicted molar refractivity (Wildman–Crippen MR) is 89.0 cm³/mol. The fourth-order valence-electron chi connectivity index (χ4n) is 1.75. The summed E-state index contributed by atoms with van der Waals surface area (Å²) in [5.74, 6) is -1.63. The summed E-state index contributed by atoms with van der Waals surface area (Å²) < 4.78 is 10.2. The average Bonchev–Trinajstić information content (AvgIpc) is 3.15. The van der Waals surface area contributed by atoms with Crippen molar-refractivity contribution in [1.29, 1.82) is 5.26 Å². The number of imide groups is 1. The van der Waals surface area contributed by atoms with E-state index in [1.165, 1.54) is 18.3 Å². The number of hydrogen-bond donors (Lipinski definition) is 1. The van der Waals surface area contributed by atoms with E-state index in [1.807, 2.05) is 6.07 Å². The second-order valence-electron chi connectivity index (χ2n) is 4.86. The molecule has 1 aromatic heterocycles. The monoisotopic (exact) mass is 358 g/mol. The lowest BCUT2D eigenvalue weighted by Crippen LogP contribution is -2.35. The molecule has 128 valence electrons. The van der Waals surface area contributed by atoms with E-state index in [2.05, 4.69) is 5.32 Å². The largest absolute Gasteiger partial charge is 0.479 e. The molecule has 8 heteroatoms. The van der Waals surface area contributed by atoms with Crippen LogP contribution in [0.5, 0.6) is 5.75 Å². The lowest BCUT2D eigenvalue weighted by atomic mass is 10.2. The van der Waals surface area contributed by atoms with Crippen LogP contribution in [-0.4, -0.2) is 30.5 Å². The minimum absolute atomic E-state index is 0.386. The number of benzene rings is 1. The Hall–Kier alpha value is -3.18. The van der Waals surface area contributed by atoms with E-state index in [0.29, 0.717) is 16.2 Å². The lowest BCUT2D eigenvalue weighted by Gasteiger charge is -2.13. The molecule has 0 spiro atoms. The van der Waals surface area contributed by atoms with Crippen molar-refractivity contribution in [3.05, 3.63) is 52.2 Å². The molecule has 0 radical (unpaired) electrons. The Labute approximate surface area is 147 Å². The first-order chi connectivity index (χ1) is 12.0. The molecule has 1 heterocycles. The van der Waals surface area contributed by atoms with Crippen molar-refractivity contribution in [1.82, 2.24) is 5.32 Å². The maximum absolute atomic E-state index is 11.8. The molecule has 0 aliphatic rings. The van der Waals surface area contributed by atoms with Crippen LogP contribution in [0.3, 0.4) is 0 Å². The number of nitrogens with zero attached hydrogens (tertiary/aromatic N) is 1. The summed E-state index contributed by atoms with van der Waals surface area (Å²) in [7, 11) is 0. The molecular formula is C17H14N2O5S. The molecule has 0 fully saturated rings. The zero-order valence-electron chi connectivity index (χ0n) is 13.2. The van der Waals surface area contributed by atoms with Gasteiger partial charge in [-0.1, -0.05) is 6.07 Å². The van der Waals surface area contributed by atoms with E-state index in [0.717, 1.165) is 0 Å². The van der Waals surface area contributed by atoms with Gasteiger partial charge in [-0.2, -0.15) is 5.26 Å². The summed E-state index contributed by atoms with van der Waals surface area (Å²) in [6.45, 7) is 0.881. The summed E-state index contributed by atoms with van der Waals surface area (Å²) in [6.07, 6.45) is -0.950. The number of nitrogens with one attached hydrogen (secondary N) is 1. The average molecular weight is 358 g/mol. The smallest absolute Gasteiger partial charge is 0.347 e. The van der Waals surface area contributed by atoms with Crippen LogP contribution in [-0.2, 0) is 14.3 Å². The fourth-order valence-corrected chi connectivity index (χ4v) is 2.37. The van der Waals surface area contributed by atoms with Crippen LogP contribution in [0.15, 0.2) is 41.8 Å². The van der Waals surface area contributed by atoms with Crippen molar-refractivity contribution >= 4 is 29.1 Å². The van der Waals surface area contributed by atoms with Gasteiger partial charge in [0.05, 0.1) is 16.5 Å². The fraction of sp³-hybridized carbons (Fsp3) is 0.176. The summed E-state index contributed by atoms with van der Waals surface area (Å²) in [5.41, 5.74) is 0.467. The molecule has 0 unspecified atom stereocenters. The van der Waals surface area contributed by atoms with E-state index < -0.39 is 30.5 Å². The highest BCUT2D eigenvalue weighted by molar-refractivity contribution is 7.12. The number of rotatable bonds is 6. The zero-order valence-corrected chi connectivity index (χ0v) is 14.0. The molecule has 0 saturated heterocycles. The Morgan fingerprint density at radius 3 is 2.56 bits per heavy atom. The van der Waals surface area contributed by atoms with Gasteiger partial charge in [0.25, 0.3) is 11.8 Å². The molecule has 0 saturated carbocycles. The maximum Gasteiger partial charge on any atom is 0.347 e. The van der Waals surface area contributed by atoms with Crippen molar-refractivity contribution in [2.45, 2.75) is 13.0 Å². The van der Waals surface area contributed by atoms with Crippen molar-refractivity contribution in [2.75, 3.05) is 6.61 Å². The molecule has 1 aromatic carbocycles. The highest BCUT2D eigenvalue weighted by Gasteiger charge is 2.19. The Bertz CT molecular complexity index is 793. The highest BCUT2D eigenvalue weighted by atomic mass is 32.1. The van der Waals surface area contributed by atoms with Gasteiger partial charge in [-0.15, -0.1) is 11.3 Å². The number of carbonyl (C=O) groups excluding carboxylic acids is 3. The Kier molecular flexibility index (Phi) is 6.26. The van der Waals surface area contributed by atoms with E-state index in [9.17, 15) is 14.4 Å². The van der Waals surface area contributed by atoms with E-state index in [-0.39, 0.29) is 0 Å². The van der Waals surface area contributed by atoms with Crippen LogP contribution in [0.2, 0.25) is 0 Å². The van der Waals surface area contributed by atoms with Gasteiger partial charge in [-0.05, 0) is 42.6 Å². The van der Waals surface area contributed by atoms with Crippen LogP contribution in [0.1, 0.15) is 22.2 Å². The van der Waals surface area contributed by atoms with Gasteiger partial charge >= 0.3 is 5.97 Å². The van der Waals surface area contributed by atoms with E-state index >= 15 is 0 Å². The normalized spacial score (nSPS) is 11.0. The topological polar surface area (TPSA) is 105 Å². The third-order valence-electron chi connectivity index (χ3n) is 2.97. The molecular weight excluding hydrogens is 344 g/mol. The molecule has 0 aliphatic carbocycles. The maximum atomic E-state index is 11.8. The molecule has 0 aliphatic heterocycles. The second-order valence-corrected chi connectivity index (χ2v) is 5.81. The molecule has 0 bridgehead atoms. The minimum Gasteiger partial charge on any atom is -0.479 e. The molecule has 1 atom stereocenters. The summed E-state index contributed by atoms with van der Waals surface area (Å²) in [5, 5.41) is 12.6. The number of thiophene rings is 1. The summed E-state index contributed by atoms with van der Waals surface area (Å²) in [4.78, 5) is 35.5. The zero-order chi connectivity index (χ0) is 18.2. The number of esters is 1. The van der Waals surface area contributed by atoms with Crippen molar-refractivity contribution in [3.63, 3.8) is 0 Å². The standard InChI is InChI=1S/C17H14N2O5S/c1-11(24-13-6-4-12(9-18)5-7-13)17(22)23-10-15(20)19-16(21)14-3-2-8-25-14/h2-8,11H,10H2,1H3,(H,19,20,21)/t11-/m1/s1. The van der Waals surface area contributed by atoms with Crippen LogP contribution in [0, 0.1) is 11.3 Å². The number of nitriles is 1. The van der Waals surface area contributed by atoms with Gasteiger partial charge in [-0.25, -0.2) is 4.79 Å². The quantitative estimate of drug-likeness (QED) is 0.791. The Balaban J connectivity index is 1.77. The number of hydrogen-bond acceptors (Lipinski definition) is 7. The van der Waals surface area contributed by atoms with Crippen molar-refractivity contribution < 1.29 is 23.9 Å². The molecule has 2 aromatic rings. The molecule has 7 nitrogen and oxygen atoms in total. The first-order valence-electron chi connectivity index (χ1n) is 7.20. The van der Waals surface area contributed by atoms with Crippen LogP contribution < -0.4 is 10.1 Å². The van der Waals surface area contributed by atoms with Crippen LogP contribution in [0.25, 0.3) is 0 Å². The second kappa shape index (κ2) is 8.61. The first kappa shape index (κ1) is 18.2. The van der Waals surface area contributed by atoms with Gasteiger partial charge in [-0.3, -0.25) is 14.9 Å². The molecule has 1 N–H and O–H groups in total. The molecule has 2 rings (SSSR count). The number of carbonyl (C=O) groups is 3. The van der Waals surface area contributed by atoms with Gasteiger partial charge in [0, 0.05) is 0 Å². The number of ether oxygens (including phenoxy) is 2. The van der Waals surface area contributed by atoms with Gasteiger partial charge in [0.1, 0.15) is 5.75 Å². The Morgan fingerprint density at radius 1 is 1.24 bits per heavy atom. The van der Waals surface area contributed by atoms with E-state index in [4.69, 9.17) is 14.7 Å². The van der Waals surface area contributed by atoms with Crippen LogP contribution >= 0.6 is 11.3 Å². The number of amides is 2. The summed E-state index contributed by atoms with van der Waals surface area (Å²) in [6, 6.07) is 11.4. The lowest BCUT2D eigenvalue weighted by molar-refractivity contribution is -0.154. The minimum atomic E-state index is -0.950. The SMILES string of the molecule is C[C@@H](Oc1ccc(C#N)cc1)C(=O)OCC(=O)NC(=O)c1cccs1. The third kappa shape index (κ3) is 5.44. The van der Waals surface area contributed by atoms with Gasteiger partial charge < -0.3 is 9.47 Å². The molecule has 2 amide bonds. The third-order valence-corrected chi connectivity index (χ3v) is 3.84. The van der Waals surface area contributed by atoms with E-state index in [1.54, 1.807) is 41.8 Å². The Morgan fingerprint density at radius 2 is 1.96 bits per heavy atom. The first-order valence-corrected chi connectivity index (χ1v) is 8.08. The molecule has 25 heavy (non-hydrogen) atoms. The van der Waals surface area contributed by atoms with Gasteiger partial charge in [0.15, 0.2) is 12.7 Å². The van der Waals surface area contributed by atoms with Crippen molar-refractivity contribution in [3.8, 4) is 11.8 Å². The van der Waals surface area contributed by atoms with Crippen molar-refractivity contribution in [2.24, 2.45) is 0 Å². The predicted octanol–water partition coefficient (Wildman–Crippen LogP) is 1.89.